The number of hydrogen-bond acceptors (Lipinski definition) is 5. The summed E-state index contributed by atoms with van der Waals surface area (Å²) in [5.74, 6) is 0.528. The highest BCUT2D eigenvalue weighted by Crippen LogP contribution is 2.31. The zero-order valence-corrected chi connectivity index (χ0v) is 14.3. The van der Waals surface area contributed by atoms with E-state index < -0.39 is 0 Å². The van der Waals surface area contributed by atoms with Gasteiger partial charge >= 0.3 is 0 Å². The zero-order chi connectivity index (χ0) is 17.0. The summed E-state index contributed by atoms with van der Waals surface area (Å²) in [7, 11) is 0. The van der Waals surface area contributed by atoms with E-state index in [-0.39, 0.29) is 5.56 Å². The van der Waals surface area contributed by atoms with Crippen LogP contribution in [0.15, 0.2) is 28.4 Å². The highest BCUT2D eigenvalue weighted by Gasteiger charge is 2.18. The summed E-state index contributed by atoms with van der Waals surface area (Å²) in [6.45, 7) is 1.97. The van der Waals surface area contributed by atoms with Gasteiger partial charge in [0.15, 0.2) is 0 Å². The van der Waals surface area contributed by atoms with Gasteiger partial charge in [-0.2, -0.15) is 0 Å². The van der Waals surface area contributed by atoms with E-state index in [2.05, 4.69) is 32.4 Å². The first-order valence-electron chi connectivity index (χ1n) is 8.32. The van der Waals surface area contributed by atoms with Crippen LogP contribution in [-0.4, -0.2) is 28.0 Å². The molecule has 7 heteroatoms. The SMILES string of the molecule is Nc1c(-c2nc3cc4c(cc3[nH]2)CCNCC4)c(=O)[nH]c2sccc12. The lowest BCUT2D eigenvalue weighted by Crippen LogP contribution is -2.16. The number of imidazole rings is 1. The highest BCUT2D eigenvalue weighted by atomic mass is 32.1. The molecule has 1 aliphatic heterocycles. The number of aromatic nitrogens is 3. The fraction of sp³-hybridized carbons (Fsp3) is 0.222. The number of thiophene rings is 1. The number of nitrogen functional groups attached to an aromatic ring is 1. The fourth-order valence-electron chi connectivity index (χ4n) is 3.58. The number of rotatable bonds is 1. The molecule has 0 saturated heterocycles. The number of fused-ring (bicyclic) bond motifs is 3. The van der Waals surface area contributed by atoms with E-state index in [4.69, 9.17) is 5.73 Å². The summed E-state index contributed by atoms with van der Waals surface area (Å²) in [6.07, 6.45) is 2.00. The van der Waals surface area contributed by atoms with Crippen molar-refractivity contribution in [3.05, 3.63) is 45.1 Å². The molecule has 0 atom stereocenters. The molecule has 0 aliphatic carbocycles. The maximum Gasteiger partial charge on any atom is 0.262 e. The number of H-pyrrole nitrogens is 2. The molecule has 0 radical (unpaired) electrons. The number of anilines is 1. The molecule has 5 rings (SSSR count). The van der Waals surface area contributed by atoms with E-state index in [1.807, 2.05) is 11.4 Å². The summed E-state index contributed by atoms with van der Waals surface area (Å²) >= 11 is 1.47. The maximum absolute atomic E-state index is 12.5. The van der Waals surface area contributed by atoms with Crippen molar-refractivity contribution in [2.24, 2.45) is 0 Å². The van der Waals surface area contributed by atoms with Crippen LogP contribution in [0, 0.1) is 0 Å². The van der Waals surface area contributed by atoms with Gasteiger partial charge in [0, 0.05) is 5.39 Å². The number of aromatic amines is 2. The molecule has 0 unspecified atom stereocenters. The van der Waals surface area contributed by atoms with Gasteiger partial charge in [0.25, 0.3) is 5.56 Å². The lowest BCUT2D eigenvalue weighted by atomic mass is 10.0. The van der Waals surface area contributed by atoms with Gasteiger partial charge in [-0.05, 0) is 60.6 Å². The van der Waals surface area contributed by atoms with E-state index in [1.165, 1.54) is 22.5 Å². The summed E-state index contributed by atoms with van der Waals surface area (Å²) in [5.41, 5.74) is 11.4. The van der Waals surface area contributed by atoms with Crippen molar-refractivity contribution in [3.8, 4) is 11.4 Å². The first-order chi connectivity index (χ1) is 12.2. The van der Waals surface area contributed by atoms with E-state index in [9.17, 15) is 4.79 Å². The van der Waals surface area contributed by atoms with Crippen molar-refractivity contribution in [3.63, 3.8) is 0 Å². The Labute approximate surface area is 147 Å². The molecule has 0 spiro atoms. The summed E-state index contributed by atoms with van der Waals surface area (Å²) in [4.78, 5) is 24.2. The lowest BCUT2D eigenvalue weighted by molar-refractivity contribution is 0.711. The van der Waals surface area contributed by atoms with Crippen LogP contribution in [0.5, 0.6) is 0 Å². The standard InChI is InChI=1S/C18H17N5OS/c19-15-11-3-6-25-18(11)23-17(24)14(15)16-21-12-7-9-1-4-20-5-2-10(9)8-13(12)22-16/h3,6-8,20H,1-2,4-5H2,(H,21,22)(H3,19,23,24). The van der Waals surface area contributed by atoms with Gasteiger partial charge in [0.05, 0.1) is 16.7 Å². The van der Waals surface area contributed by atoms with E-state index in [1.54, 1.807) is 0 Å². The molecule has 0 saturated carbocycles. The zero-order valence-electron chi connectivity index (χ0n) is 13.5. The van der Waals surface area contributed by atoms with Crippen LogP contribution in [-0.2, 0) is 12.8 Å². The quantitative estimate of drug-likeness (QED) is 0.423. The van der Waals surface area contributed by atoms with Crippen LogP contribution in [0.4, 0.5) is 5.69 Å². The maximum atomic E-state index is 12.5. The summed E-state index contributed by atoms with van der Waals surface area (Å²) in [6, 6.07) is 6.21. The van der Waals surface area contributed by atoms with E-state index in [0.29, 0.717) is 17.1 Å². The Morgan fingerprint density at radius 3 is 2.76 bits per heavy atom. The fourth-order valence-corrected chi connectivity index (χ4v) is 4.37. The van der Waals surface area contributed by atoms with Gasteiger partial charge in [0.1, 0.15) is 16.2 Å². The average Bonchev–Trinajstić information content (AvgIpc) is 3.14. The molecule has 1 aromatic carbocycles. The third-order valence-corrected chi connectivity index (χ3v) is 5.69. The van der Waals surface area contributed by atoms with Gasteiger partial charge in [-0.1, -0.05) is 0 Å². The smallest absolute Gasteiger partial charge is 0.262 e. The Balaban J connectivity index is 1.73. The van der Waals surface area contributed by atoms with Crippen molar-refractivity contribution in [2.45, 2.75) is 12.8 Å². The Bertz CT molecular complexity index is 1130. The Morgan fingerprint density at radius 2 is 1.92 bits per heavy atom. The number of hydrogen-bond donors (Lipinski definition) is 4. The summed E-state index contributed by atoms with van der Waals surface area (Å²) in [5, 5.41) is 6.20. The second-order valence-corrected chi connectivity index (χ2v) is 7.30. The van der Waals surface area contributed by atoms with Crippen molar-refractivity contribution in [1.82, 2.24) is 20.3 Å². The third kappa shape index (κ3) is 2.27. The Morgan fingerprint density at radius 1 is 1.12 bits per heavy atom. The largest absolute Gasteiger partial charge is 0.397 e. The molecule has 1 aliphatic rings. The number of nitrogens with one attached hydrogen (secondary N) is 3. The van der Waals surface area contributed by atoms with Crippen LogP contribution < -0.4 is 16.6 Å². The Kier molecular flexibility index (Phi) is 3.19. The lowest BCUT2D eigenvalue weighted by Gasteiger charge is -2.03. The van der Waals surface area contributed by atoms with E-state index >= 15 is 0 Å². The summed E-state index contributed by atoms with van der Waals surface area (Å²) < 4.78 is 0. The molecule has 6 nitrogen and oxygen atoms in total. The molecular weight excluding hydrogens is 334 g/mol. The number of pyridine rings is 1. The van der Waals surface area contributed by atoms with Crippen LogP contribution in [0.25, 0.3) is 32.6 Å². The normalized spacial score (nSPS) is 14.7. The van der Waals surface area contributed by atoms with Gasteiger partial charge < -0.3 is 21.0 Å². The molecule has 4 aromatic rings. The van der Waals surface area contributed by atoms with Crippen molar-refractivity contribution in [1.29, 1.82) is 0 Å². The predicted molar refractivity (Wildman–Crippen MR) is 102 cm³/mol. The van der Waals surface area contributed by atoms with Gasteiger partial charge in [-0.25, -0.2) is 4.98 Å². The monoisotopic (exact) mass is 351 g/mol. The van der Waals surface area contributed by atoms with Gasteiger partial charge in [0.2, 0.25) is 0 Å². The highest BCUT2D eigenvalue weighted by molar-refractivity contribution is 7.16. The molecule has 0 amide bonds. The number of nitrogens with two attached hydrogens (primary N) is 1. The first kappa shape index (κ1) is 14.7. The van der Waals surface area contributed by atoms with Crippen molar-refractivity contribution < 1.29 is 0 Å². The minimum absolute atomic E-state index is 0.211. The average molecular weight is 351 g/mol. The van der Waals surface area contributed by atoms with Crippen molar-refractivity contribution >= 4 is 38.3 Å². The van der Waals surface area contributed by atoms with Crippen LogP contribution >= 0.6 is 11.3 Å². The predicted octanol–water partition coefficient (Wildman–Crippen LogP) is 2.40. The van der Waals surface area contributed by atoms with Gasteiger partial charge in [-0.3, -0.25) is 4.79 Å². The molecule has 5 N–H and O–H groups in total. The second kappa shape index (κ2) is 5.44. The second-order valence-electron chi connectivity index (χ2n) is 6.38. The number of nitrogens with zero attached hydrogens (tertiary/aromatic N) is 1. The topological polar surface area (TPSA) is 99.6 Å². The van der Waals surface area contributed by atoms with Crippen LogP contribution in [0.2, 0.25) is 0 Å². The minimum atomic E-state index is -0.211. The molecule has 126 valence electrons. The molecular formula is C18H17N5OS. The molecule has 25 heavy (non-hydrogen) atoms. The minimum Gasteiger partial charge on any atom is -0.397 e. The molecule has 0 fully saturated rings. The van der Waals surface area contributed by atoms with Crippen LogP contribution in [0.1, 0.15) is 11.1 Å². The number of benzene rings is 1. The molecule has 4 heterocycles. The van der Waals surface area contributed by atoms with Gasteiger partial charge in [-0.15, -0.1) is 11.3 Å². The van der Waals surface area contributed by atoms with Crippen LogP contribution in [0.3, 0.4) is 0 Å². The molecule has 0 bridgehead atoms. The van der Waals surface area contributed by atoms with E-state index in [0.717, 1.165) is 47.2 Å². The third-order valence-electron chi connectivity index (χ3n) is 4.86. The Hall–Kier alpha value is -2.64. The molecule has 3 aromatic heterocycles. The first-order valence-corrected chi connectivity index (χ1v) is 9.20. The van der Waals surface area contributed by atoms with Crippen molar-refractivity contribution in [2.75, 3.05) is 18.8 Å².